The Hall–Kier alpha value is -2.51. The minimum Gasteiger partial charge on any atom is -0.495 e. The van der Waals surface area contributed by atoms with Crippen LogP contribution in [0.1, 0.15) is 19.4 Å². The number of carbonyl (C=O) groups excluding carboxylic acids is 1. The lowest BCUT2D eigenvalue weighted by Gasteiger charge is -2.19. The van der Waals surface area contributed by atoms with E-state index < -0.39 is 0 Å². The van der Waals surface area contributed by atoms with Gasteiger partial charge in [-0.2, -0.15) is 0 Å². The van der Waals surface area contributed by atoms with E-state index in [1.807, 2.05) is 39.0 Å². The molecule has 8 heteroatoms. The second kappa shape index (κ2) is 9.53. The van der Waals surface area contributed by atoms with Gasteiger partial charge in [-0.05, 0) is 56.7 Å². The van der Waals surface area contributed by atoms with Crippen molar-refractivity contribution in [1.82, 2.24) is 14.5 Å². The number of rotatable bonds is 7. The average Bonchev–Trinajstić information content (AvgIpc) is 2.73. The topological polar surface area (TPSA) is 64.4 Å². The van der Waals surface area contributed by atoms with Crippen LogP contribution in [0.15, 0.2) is 46.3 Å². The summed E-state index contributed by atoms with van der Waals surface area (Å²) in [5, 5.41) is 1.36. The first-order valence-electron chi connectivity index (χ1n) is 9.67. The van der Waals surface area contributed by atoms with Gasteiger partial charge in [0.15, 0.2) is 5.16 Å². The monoisotopic (exact) mass is 445 g/mol. The Labute approximate surface area is 184 Å². The second-order valence-corrected chi connectivity index (χ2v) is 8.11. The van der Waals surface area contributed by atoms with Crippen LogP contribution >= 0.6 is 23.4 Å². The Bertz CT molecular complexity index is 1140. The van der Waals surface area contributed by atoms with Crippen molar-refractivity contribution >= 4 is 40.2 Å². The summed E-state index contributed by atoms with van der Waals surface area (Å²) in [4.78, 5) is 32.4. The van der Waals surface area contributed by atoms with Crippen LogP contribution in [0.2, 0.25) is 5.02 Å². The van der Waals surface area contributed by atoms with Gasteiger partial charge < -0.3 is 9.64 Å². The second-order valence-electron chi connectivity index (χ2n) is 6.73. The van der Waals surface area contributed by atoms with Gasteiger partial charge in [0.2, 0.25) is 5.91 Å². The number of amides is 1. The molecule has 0 radical (unpaired) electrons. The molecule has 0 saturated carbocycles. The van der Waals surface area contributed by atoms with Crippen LogP contribution in [-0.2, 0) is 4.79 Å². The molecule has 158 valence electrons. The molecule has 3 aromatic rings. The molecule has 0 bridgehead atoms. The van der Waals surface area contributed by atoms with E-state index >= 15 is 0 Å². The predicted molar refractivity (Wildman–Crippen MR) is 122 cm³/mol. The number of carbonyl (C=O) groups is 1. The summed E-state index contributed by atoms with van der Waals surface area (Å²) in [6, 6.07) is 10.6. The Kier molecular flexibility index (Phi) is 7.05. The number of halogens is 1. The van der Waals surface area contributed by atoms with Crippen LogP contribution in [0.25, 0.3) is 16.6 Å². The van der Waals surface area contributed by atoms with Crippen molar-refractivity contribution in [2.75, 3.05) is 26.0 Å². The van der Waals surface area contributed by atoms with Gasteiger partial charge in [0, 0.05) is 18.1 Å². The maximum atomic E-state index is 13.4. The molecule has 1 aromatic heterocycles. The number of thioether (sulfide) groups is 1. The van der Waals surface area contributed by atoms with Gasteiger partial charge in [0.25, 0.3) is 5.56 Å². The first-order valence-corrected chi connectivity index (χ1v) is 11.0. The maximum Gasteiger partial charge on any atom is 0.266 e. The van der Waals surface area contributed by atoms with Gasteiger partial charge in [0.05, 0.1) is 29.5 Å². The smallest absolute Gasteiger partial charge is 0.266 e. The Morgan fingerprint density at radius 3 is 2.60 bits per heavy atom. The van der Waals surface area contributed by atoms with Crippen molar-refractivity contribution < 1.29 is 9.53 Å². The van der Waals surface area contributed by atoms with Crippen LogP contribution in [-0.4, -0.2) is 46.3 Å². The summed E-state index contributed by atoms with van der Waals surface area (Å²) in [5.41, 5.74) is 1.82. The molecule has 0 atom stereocenters. The van der Waals surface area contributed by atoms with Gasteiger partial charge >= 0.3 is 0 Å². The number of methoxy groups -OCH3 is 1. The third-order valence-electron chi connectivity index (χ3n) is 4.82. The fraction of sp³-hybridized carbons (Fsp3) is 0.318. The van der Waals surface area contributed by atoms with E-state index in [-0.39, 0.29) is 17.2 Å². The highest BCUT2D eigenvalue weighted by atomic mass is 35.5. The molecule has 30 heavy (non-hydrogen) atoms. The highest BCUT2D eigenvalue weighted by Gasteiger charge is 2.19. The average molecular weight is 446 g/mol. The number of nitrogens with zero attached hydrogens (tertiary/aromatic N) is 3. The van der Waals surface area contributed by atoms with Crippen LogP contribution in [0.4, 0.5) is 0 Å². The SMILES string of the molecule is CCN(CC)C(=O)CSc1nc2cc(Cl)ccc2c(=O)n1-c1cc(C)ccc1OC. The van der Waals surface area contributed by atoms with E-state index in [1.165, 1.54) is 16.3 Å². The molecule has 1 amide bonds. The lowest BCUT2D eigenvalue weighted by atomic mass is 10.2. The van der Waals surface area contributed by atoms with E-state index in [0.717, 1.165) is 5.56 Å². The molecular formula is C22H24ClN3O3S. The molecule has 0 aliphatic heterocycles. The van der Waals surface area contributed by atoms with Crippen molar-refractivity contribution in [2.24, 2.45) is 0 Å². The lowest BCUT2D eigenvalue weighted by molar-refractivity contribution is -0.127. The van der Waals surface area contributed by atoms with Gasteiger partial charge in [-0.15, -0.1) is 0 Å². The van der Waals surface area contributed by atoms with E-state index in [1.54, 1.807) is 30.2 Å². The number of aromatic nitrogens is 2. The molecular weight excluding hydrogens is 422 g/mol. The number of benzene rings is 2. The zero-order chi connectivity index (χ0) is 21.8. The van der Waals surface area contributed by atoms with Crippen LogP contribution in [0, 0.1) is 6.92 Å². The van der Waals surface area contributed by atoms with Gasteiger partial charge in [-0.25, -0.2) is 4.98 Å². The summed E-state index contributed by atoms with van der Waals surface area (Å²) in [5.74, 6) is 0.719. The van der Waals surface area contributed by atoms with Crippen molar-refractivity contribution in [3.05, 3.63) is 57.3 Å². The predicted octanol–water partition coefficient (Wildman–Crippen LogP) is 4.32. The summed E-state index contributed by atoms with van der Waals surface area (Å²) >= 11 is 7.35. The van der Waals surface area contributed by atoms with E-state index in [9.17, 15) is 9.59 Å². The van der Waals surface area contributed by atoms with Gasteiger partial charge in [-0.1, -0.05) is 29.4 Å². The summed E-state index contributed by atoms with van der Waals surface area (Å²) in [7, 11) is 1.56. The number of aryl methyl sites for hydroxylation is 1. The molecule has 1 heterocycles. The summed E-state index contributed by atoms with van der Waals surface area (Å²) in [6.45, 7) is 7.09. The molecule has 0 aliphatic rings. The van der Waals surface area contributed by atoms with Crippen LogP contribution in [0.3, 0.4) is 0 Å². The molecule has 3 rings (SSSR count). The van der Waals surface area contributed by atoms with Crippen LogP contribution in [0.5, 0.6) is 5.75 Å². The standard InChI is InChI=1S/C22H24ClN3O3S/c1-5-25(6-2)20(27)13-30-22-24-17-12-15(23)8-9-16(17)21(28)26(22)18-11-14(3)7-10-19(18)29-4/h7-12H,5-6,13H2,1-4H3. The molecule has 0 fully saturated rings. The summed E-state index contributed by atoms with van der Waals surface area (Å²) in [6.07, 6.45) is 0. The minimum atomic E-state index is -0.238. The van der Waals surface area contributed by atoms with Crippen molar-refractivity contribution in [3.8, 4) is 11.4 Å². The molecule has 0 saturated heterocycles. The molecule has 0 N–H and O–H groups in total. The Morgan fingerprint density at radius 1 is 1.20 bits per heavy atom. The number of fused-ring (bicyclic) bond motifs is 1. The van der Waals surface area contributed by atoms with Crippen molar-refractivity contribution in [2.45, 2.75) is 25.9 Å². The number of hydrogen-bond donors (Lipinski definition) is 0. The molecule has 0 spiro atoms. The normalized spacial score (nSPS) is 11.0. The molecule has 0 unspecified atom stereocenters. The van der Waals surface area contributed by atoms with Gasteiger partial charge in [-0.3, -0.25) is 14.2 Å². The van der Waals surface area contributed by atoms with Crippen LogP contribution < -0.4 is 10.3 Å². The fourth-order valence-electron chi connectivity index (χ4n) is 3.22. The van der Waals surface area contributed by atoms with E-state index in [0.29, 0.717) is 45.6 Å². The van der Waals surface area contributed by atoms with Crippen molar-refractivity contribution in [3.63, 3.8) is 0 Å². The molecule has 0 aliphatic carbocycles. The highest BCUT2D eigenvalue weighted by Crippen LogP contribution is 2.29. The maximum absolute atomic E-state index is 13.4. The van der Waals surface area contributed by atoms with Crippen molar-refractivity contribution in [1.29, 1.82) is 0 Å². The third-order valence-corrected chi connectivity index (χ3v) is 5.98. The lowest BCUT2D eigenvalue weighted by Crippen LogP contribution is -2.32. The first-order chi connectivity index (χ1) is 14.4. The Morgan fingerprint density at radius 2 is 1.93 bits per heavy atom. The van der Waals surface area contributed by atoms with E-state index in [4.69, 9.17) is 16.3 Å². The zero-order valence-corrected chi connectivity index (χ0v) is 19.0. The Balaban J connectivity index is 2.19. The third kappa shape index (κ3) is 4.47. The highest BCUT2D eigenvalue weighted by molar-refractivity contribution is 7.99. The van der Waals surface area contributed by atoms with Gasteiger partial charge in [0.1, 0.15) is 5.75 Å². The number of hydrogen-bond acceptors (Lipinski definition) is 5. The minimum absolute atomic E-state index is 0.00630. The largest absolute Gasteiger partial charge is 0.495 e. The zero-order valence-electron chi connectivity index (χ0n) is 17.4. The van der Waals surface area contributed by atoms with E-state index in [2.05, 4.69) is 4.98 Å². The molecule has 6 nitrogen and oxygen atoms in total. The quantitative estimate of drug-likeness (QED) is 0.400. The fourth-order valence-corrected chi connectivity index (χ4v) is 4.29. The molecule has 2 aromatic carbocycles. The number of ether oxygens (including phenoxy) is 1. The first kappa shape index (κ1) is 22.2. The summed E-state index contributed by atoms with van der Waals surface area (Å²) < 4.78 is 7.02.